The number of amidine groups is 1. The summed E-state index contributed by atoms with van der Waals surface area (Å²) in [7, 11) is 0. The number of hydrogen-bond acceptors (Lipinski definition) is 5. The standard InChI is InChI=1S/C19H18N4OS/c24-18-17(13-15-5-4-8-20-14-15)25-19(21-18)23-11-9-22(10-12-23)16-6-2-1-3-7-16/h1-8,13-14H,9-12H2/b17-13-. The van der Waals surface area contributed by atoms with Crippen LogP contribution < -0.4 is 4.90 Å². The highest BCUT2D eigenvalue weighted by Gasteiger charge is 2.28. The number of hydrogen-bond donors (Lipinski definition) is 0. The summed E-state index contributed by atoms with van der Waals surface area (Å²) in [5, 5.41) is 0.813. The zero-order valence-electron chi connectivity index (χ0n) is 13.7. The van der Waals surface area contributed by atoms with Gasteiger partial charge in [-0.2, -0.15) is 4.99 Å². The summed E-state index contributed by atoms with van der Waals surface area (Å²) < 4.78 is 0. The first kappa shape index (κ1) is 15.9. The number of thioether (sulfide) groups is 1. The summed E-state index contributed by atoms with van der Waals surface area (Å²) in [6, 6.07) is 14.2. The van der Waals surface area contributed by atoms with Crippen LogP contribution in [0.3, 0.4) is 0 Å². The highest BCUT2D eigenvalue weighted by molar-refractivity contribution is 8.18. The molecule has 0 aliphatic carbocycles. The molecule has 2 aliphatic heterocycles. The van der Waals surface area contributed by atoms with E-state index in [1.165, 1.54) is 17.4 Å². The second-order valence-corrected chi connectivity index (χ2v) is 6.92. The fourth-order valence-electron chi connectivity index (χ4n) is 2.94. The minimum absolute atomic E-state index is 0.158. The summed E-state index contributed by atoms with van der Waals surface area (Å²) in [6.07, 6.45) is 5.33. The van der Waals surface area contributed by atoms with Gasteiger partial charge in [-0.25, -0.2) is 0 Å². The van der Waals surface area contributed by atoms with E-state index in [9.17, 15) is 4.79 Å². The molecule has 2 aliphatic rings. The lowest BCUT2D eigenvalue weighted by Crippen LogP contribution is -2.47. The molecule has 1 aromatic carbocycles. The predicted molar refractivity (Wildman–Crippen MR) is 102 cm³/mol. The fourth-order valence-corrected chi connectivity index (χ4v) is 3.91. The Morgan fingerprint density at radius 3 is 2.44 bits per heavy atom. The highest BCUT2D eigenvalue weighted by Crippen LogP contribution is 2.30. The Kier molecular flexibility index (Phi) is 4.52. The molecule has 0 unspecified atom stereocenters. The third-order valence-corrected chi connectivity index (χ3v) is 5.31. The monoisotopic (exact) mass is 350 g/mol. The molecule has 1 aromatic heterocycles. The van der Waals surface area contributed by atoms with Crippen LogP contribution in [0.15, 0.2) is 64.8 Å². The molecular weight excluding hydrogens is 332 g/mol. The second-order valence-electron chi connectivity index (χ2n) is 5.91. The number of carbonyl (C=O) groups excluding carboxylic acids is 1. The zero-order chi connectivity index (χ0) is 17.1. The van der Waals surface area contributed by atoms with Crippen LogP contribution in [0.1, 0.15) is 5.56 Å². The molecule has 0 saturated carbocycles. The van der Waals surface area contributed by atoms with E-state index in [-0.39, 0.29) is 5.91 Å². The first-order valence-electron chi connectivity index (χ1n) is 8.27. The van der Waals surface area contributed by atoms with Gasteiger partial charge in [0.25, 0.3) is 5.91 Å². The van der Waals surface area contributed by atoms with Gasteiger partial charge in [0, 0.05) is 44.3 Å². The van der Waals surface area contributed by atoms with Crippen molar-refractivity contribution < 1.29 is 4.79 Å². The van der Waals surface area contributed by atoms with E-state index in [1.807, 2.05) is 24.3 Å². The number of amides is 1. The molecule has 0 radical (unpaired) electrons. The van der Waals surface area contributed by atoms with E-state index in [0.717, 1.165) is 36.9 Å². The highest BCUT2D eigenvalue weighted by atomic mass is 32.2. The van der Waals surface area contributed by atoms with Gasteiger partial charge >= 0.3 is 0 Å². The number of rotatable bonds is 2. The minimum Gasteiger partial charge on any atom is -0.368 e. The number of carbonyl (C=O) groups is 1. The van der Waals surface area contributed by atoms with E-state index < -0.39 is 0 Å². The quantitative estimate of drug-likeness (QED) is 0.780. The molecule has 6 heteroatoms. The molecule has 1 amide bonds. The zero-order valence-corrected chi connectivity index (χ0v) is 14.5. The Labute approximate surface area is 151 Å². The molecule has 0 atom stereocenters. The van der Waals surface area contributed by atoms with Crippen LogP contribution >= 0.6 is 11.8 Å². The molecule has 0 spiro atoms. The average Bonchev–Trinajstić information content (AvgIpc) is 3.04. The SMILES string of the molecule is O=C1N=C(N2CCN(c3ccccc3)CC2)S/C1=C\c1cccnc1. The van der Waals surface area contributed by atoms with Gasteiger partial charge in [-0.3, -0.25) is 9.78 Å². The van der Waals surface area contributed by atoms with Crippen molar-refractivity contribution in [1.29, 1.82) is 0 Å². The summed E-state index contributed by atoms with van der Waals surface area (Å²) in [5.74, 6) is -0.158. The number of aromatic nitrogens is 1. The molecule has 1 fully saturated rings. The number of para-hydroxylation sites is 1. The van der Waals surface area contributed by atoms with Gasteiger partial charge in [0.2, 0.25) is 0 Å². The predicted octanol–water partition coefficient (Wildman–Crippen LogP) is 2.87. The number of benzene rings is 1. The van der Waals surface area contributed by atoms with Crippen molar-refractivity contribution in [2.24, 2.45) is 4.99 Å². The molecular formula is C19H18N4OS. The average molecular weight is 350 g/mol. The van der Waals surface area contributed by atoms with E-state index >= 15 is 0 Å². The van der Waals surface area contributed by atoms with Crippen molar-refractivity contribution in [2.75, 3.05) is 31.1 Å². The summed E-state index contributed by atoms with van der Waals surface area (Å²) >= 11 is 1.46. The molecule has 25 heavy (non-hydrogen) atoms. The van der Waals surface area contributed by atoms with Gasteiger partial charge in [0.15, 0.2) is 5.17 Å². The van der Waals surface area contributed by atoms with Crippen LogP contribution in [0.25, 0.3) is 6.08 Å². The summed E-state index contributed by atoms with van der Waals surface area (Å²) in [6.45, 7) is 3.60. The molecule has 5 nitrogen and oxygen atoms in total. The van der Waals surface area contributed by atoms with Crippen molar-refractivity contribution in [2.45, 2.75) is 0 Å². The second kappa shape index (κ2) is 7.11. The van der Waals surface area contributed by atoms with Crippen LogP contribution in [-0.4, -0.2) is 47.1 Å². The van der Waals surface area contributed by atoms with Gasteiger partial charge in [-0.15, -0.1) is 0 Å². The lowest BCUT2D eigenvalue weighted by atomic mass is 10.2. The molecule has 0 N–H and O–H groups in total. The fraction of sp³-hybridized carbons (Fsp3) is 0.211. The van der Waals surface area contributed by atoms with Gasteiger partial charge in [-0.05, 0) is 41.6 Å². The maximum absolute atomic E-state index is 12.2. The third-order valence-electron chi connectivity index (χ3n) is 4.26. The molecule has 126 valence electrons. The Morgan fingerprint density at radius 2 is 1.72 bits per heavy atom. The maximum Gasteiger partial charge on any atom is 0.286 e. The smallest absolute Gasteiger partial charge is 0.286 e. The maximum atomic E-state index is 12.2. The Morgan fingerprint density at radius 1 is 0.960 bits per heavy atom. The number of anilines is 1. The van der Waals surface area contributed by atoms with Crippen LogP contribution in [0, 0.1) is 0 Å². The molecule has 4 rings (SSSR count). The van der Waals surface area contributed by atoms with Crippen LogP contribution in [0.5, 0.6) is 0 Å². The normalized spacial score (nSPS) is 19.4. The van der Waals surface area contributed by atoms with Gasteiger partial charge in [0.1, 0.15) is 0 Å². The first-order chi connectivity index (χ1) is 12.3. The van der Waals surface area contributed by atoms with Crippen molar-refractivity contribution in [1.82, 2.24) is 9.88 Å². The number of nitrogens with zero attached hydrogens (tertiary/aromatic N) is 4. The Bertz CT molecular complexity index is 812. The molecule has 3 heterocycles. The lowest BCUT2D eigenvalue weighted by molar-refractivity contribution is -0.113. The van der Waals surface area contributed by atoms with E-state index in [2.05, 4.69) is 44.0 Å². The molecule has 0 bridgehead atoms. The van der Waals surface area contributed by atoms with Gasteiger partial charge in [0.05, 0.1) is 4.91 Å². The molecule has 2 aromatic rings. The number of pyridine rings is 1. The third kappa shape index (κ3) is 3.58. The van der Waals surface area contributed by atoms with E-state index in [4.69, 9.17) is 0 Å². The van der Waals surface area contributed by atoms with Crippen molar-refractivity contribution in [3.63, 3.8) is 0 Å². The van der Waals surface area contributed by atoms with Crippen LogP contribution in [-0.2, 0) is 4.79 Å². The lowest BCUT2D eigenvalue weighted by Gasteiger charge is -2.36. The van der Waals surface area contributed by atoms with Crippen LogP contribution in [0.4, 0.5) is 5.69 Å². The number of aliphatic imine (C=N–C) groups is 1. The summed E-state index contributed by atoms with van der Waals surface area (Å²) in [5.41, 5.74) is 2.17. The largest absolute Gasteiger partial charge is 0.368 e. The van der Waals surface area contributed by atoms with Crippen molar-refractivity contribution in [3.8, 4) is 0 Å². The van der Waals surface area contributed by atoms with Gasteiger partial charge < -0.3 is 9.80 Å². The van der Waals surface area contributed by atoms with E-state index in [0.29, 0.717) is 4.91 Å². The van der Waals surface area contributed by atoms with Crippen molar-refractivity contribution in [3.05, 3.63) is 65.3 Å². The molecule has 1 saturated heterocycles. The van der Waals surface area contributed by atoms with E-state index in [1.54, 1.807) is 12.4 Å². The summed E-state index contributed by atoms with van der Waals surface area (Å²) in [4.78, 5) is 25.7. The topological polar surface area (TPSA) is 48.8 Å². The first-order valence-corrected chi connectivity index (χ1v) is 9.09. The van der Waals surface area contributed by atoms with Gasteiger partial charge in [-0.1, -0.05) is 24.3 Å². The Hall–Kier alpha value is -2.60. The van der Waals surface area contributed by atoms with Crippen molar-refractivity contribution >= 4 is 34.6 Å². The minimum atomic E-state index is -0.158. The Balaban J connectivity index is 1.40. The number of piperazine rings is 1. The van der Waals surface area contributed by atoms with Crippen LogP contribution in [0.2, 0.25) is 0 Å².